The Kier molecular flexibility index (Phi) is 7.47. The Morgan fingerprint density at radius 2 is 1.72 bits per heavy atom. The molecule has 1 atom stereocenters. The molecule has 154 valence electrons. The Labute approximate surface area is 168 Å². The van der Waals surface area contributed by atoms with Crippen LogP contribution in [0.25, 0.3) is 6.08 Å². The van der Waals surface area contributed by atoms with E-state index < -0.39 is 17.9 Å². The molecule has 0 aromatic heterocycles. The van der Waals surface area contributed by atoms with E-state index in [0.717, 1.165) is 5.56 Å². The fourth-order valence-electron chi connectivity index (χ4n) is 2.61. The lowest BCUT2D eigenvalue weighted by atomic mass is 10.0. The van der Waals surface area contributed by atoms with E-state index in [1.165, 1.54) is 51.7 Å². The molecule has 0 saturated heterocycles. The molecule has 2 rings (SSSR count). The van der Waals surface area contributed by atoms with Crippen molar-refractivity contribution in [2.24, 2.45) is 0 Å². The zero-order valence-corrected chi connectivity index (χ0v) is 16.3. The molecule has 0 aliphatic carbocycles. The predicted octanol–water partition coefficient (Wildman–Crippen LogP) is 2.03. The van der Waals surface area contributed by atoms with Crippen LogP contribution in [-0.2, 0) is 20.7 Å². The maximum Gasteiger partial charge on any atom is 0.328 e. The number of hydrogen-bond acceptors (Lipinski definition) is 7. The van der Waals surface area contributed by atoms with Gasteiger partial charge in [0.2, 0.25) is 5.91 Å². The van der Waals surface area contributed by atoms with Crippen LogP contribution in [0.1, 0.15) is 11.1 Å². The average Bonchev–Trinajstić information content (AvgIpc) is 2.73. The van der Waals surface area contributed by atoms with Gasteiger partial charge in [-0.2, -0.15) is 0 Å². The summed E-state index contributed by atoms with van der Waals surface area (Å²) < 4.78 is 15.2. The predicted molar refractivity (Wildman–Crippen MR) is 106 cm³/mol. The normalized spacial score (nSPS) is 11.7. The number of ether oxygens (including phenoxy) is 3. The summed E-state index contributed by atoms with van der Waals surface area (Å²) in [7, 11) is 4.27. The molecule has 8 nitrogen and oxygen atoms in total. The van der Waals surface area contributed by atoms with E-state index in [1.807, 2.05) is 0 Å². The SMILES string of the molecule is COC(=O)[C@@H](Cc1ccc(OC)c(OC)c1)NC(=O)/C=C/c1ccc(O)c(O)c1. The van der Waals surface area contributed by atoms with Crippen LogP contribution in [0.5, 0.6) is 23.0 Å². The third kappa shape index (κ3) is 5.90. The summed E-state index contributed by atoms with van der Waals surface area (Å²) in [6.07, 6.45) is 2.85. The van der Waals surface area contributed by atoms with Crippen molar-refractivity contribution in [2.75, 3.05) is 21.3 Å². The van der Waals surface area contributed by atoms with Gasteiger partial charge in [0.15, 0.2) is 23.0 Å². The molecule has 2 aromatic carbocycles. The van der Waals surface area contributed by atoms with Gasteiger partial charge in [0.05, 0.1) is 21.3 Å². The van der Waals surface area contributed by atoms with Crippen LogP contribution in [0.15, 0.2) is 42.5 Å². The van der Waals surface area contributed by atoms with E-state index >= 15 is 0 Å². The molecule has 0 aliphatic rings. The van der Waals surface area contributed by atoms with Crippen LogP contribution in [0, 0.1) is 0 Å². The minimum Gasteiger partial charge on any atom is -0.504 e. The van der Waals surface area contributed by atoms with E-state index in [4.69, 9.17) is 14.2 Å². The Morgan fingerprint density at radius 1 is 1.00 bits per heavy atom. The quantitative estimate of drug-likeness (QED) is 0.352. The van der Waals surface area contributed by atoms with Gasteiger partial charge in [0.1, 0.15) is 6.04 Å². The molecule has 0 spiro atoms. The lowest BCUT2D eigenvalue weighted by Gasteiger charge is -2.16. The molecule has 3 N–H and O–H groups in total. The largest absolute Gasteiger partial charge is 0.504 e. The first-order chi connectivity index (χ1) is 13.9. The summed E-state index contributed by atoms with van der Waals surface area (Å²) in [5.41, 5.74) is 1.25. The number of carbonyl (C=O) groups is 2. The van der Waals surface area contributed by atoms with Crippen LogP contribution in [0.4, 0.5) is 0 Å². The minimum atomic E-state index is -0.913. The van der Waals surface area contributed by atoms with Crippen molar-refractivity contribution in [1.82, 2.24) is 5.32 Å². The topological polar surface area (TPSA) is 114 Å². The number of methoxy groups -OCH3 is 3. The van der Waals surface area contributed by atoms with Crippen LogP contribution in [0.3, 0.4) is 0 Å². The number of phenols is 2. The maximum atomic E-state index is 12.3. The Hall–Kier alpha value is -3.68. The van der Waals surface area contributed by atoms with Crippen molar-refractivity contribution >= 4 is 18.0 Å². The molecule has 1 amide bonds. The smallest absolute Gasteiger partial charge is 0.328 e. The second-order valence-electron chi connectivity index (χ2n) is 6.06. The number of rotatable bonds is 8. The molecule has 0 fully saturated rings. The van der Waals surface area contributed by atoms with E-state index in [9.17, 15) is 19.8 Å². The van der Waals surface area contributed by atoms with Crippen molar-refractivity contribution < 1.29 is 34.0 Å². The van der Waals surface area contributed by atoms with E-state index in [2.05, 4.69) is 5.32 Å². The zero-order chi connectivity index (χ0) is 21.4. The van der Waals surface area contributed by atoms with Gasteiger partial charge in [-0.15, -0.1) is 0 Å². The molecule has 8 heteroatoms. The summed E-state index contributed by atoms with van der Waals surface area (Å²) in [4.78, 5) is 24.4. The highest BCUT2D eigenvalue weighted by Crippen LogP contribution is 2.28. The molecule has 0 heterocycles. The molecule has 0 unspecified atom stereocenters. The highest BCUT2D eigenvalue weighted by molar-refractivity contribution is 5.94. The van der Waals surface area contributed by atoms with Crippen molar-refractivity contribution in [3.05, 3.63) is 53.6 Å². The van der Waals surface area contributed by atoms with Gasteiger partial charge < -0.3 is 29.7 Å². The van der Waals surface area contributed by atoms with Crippen LogP contribution in [0.2, 0.25) is 0 Å². The number of esters is 1. The monoisotopic (exact) mass is 401 g/mol. The first kappa shape index (κ1) is 21.6. The van der Waals surface area contributed by atoms with E-state index in [1.54, 1.807) is 18.2 Å². The lowest BCUT2D eigenvalue weighted by molar-refractivity contribution is -0.144. The molecule has 0 bridgehead atoms. The van der Waals surface area contributed by atoms with Gasteiger partial charge in [0, 0.05) is 12.5 Å². The summed E-state index contributed by atoms with van der Waals surface area (Å²) in [6, 6.07) is 8.42. The standard InChI is InChI=1S/C21H23NO7/c1-27-18-8-5-14(12-19(18)28-2)10-15(21(26)29-3)22-20(25)9-6-13-4-7-16(23)17(24)11-13/h4-9,11-12,15,23-24H,10H2,1-3H3,(H,22,25)/b9-6+/t15-/m1/s1. The van der Waals surface area contributed by atoms with Gasteiger partial charge in [-0.1, -0.05) is 12.1 Å². The number of carbonyl (C=O) groups excluding carboxylic acids is 2. The number of phenolic OH excluding ortho intramolecular Hbond substituents is 2. The first-order valence-corrected chi connectivity index (χ1v) is 8.67. The Balaban J connectivity index is 2.12. The van der Waals surface area contributed by atoms with Gasteiger partial charge in [-0.3, -0.25) is 4.79 Å². The fourth-order valence-corrected chi connectivity index (χ4v) is 2.61. The van der Waals surface area contributed by atoms with E-state index in [0.29, 0.717) is 17.1 Å². The molecule has 0 radical (unpaired) electrons. The second-order valence-corrected chi connectivity index (χ2v) is 6.06. The summed E-state index contributed by atoms with van der Waals surface area (Å²) >= 11 is 0. The average molecular weight is 401 g/mol. The number of aromatic hydroxyl groups is 2. The number of hydrogen-bond donors (Lipinski definition) is 3. The fraction of sp³-hybridized carbons (Fsp3) is 0.238. The first-order valence-electron chi connectivity index (χ1n) is 8.67. The van der Waals surface area contributed by atoms with Gasteiger partial charge in [-0.25, -0.2) is 4.79 Å². The highest BCUT2D eigenvalue weighted by atomic mass is 16.5. The molecule has 0 saturated carbocycles. The Morgan fingerprint density at radius 3 is 2.34 bits per heavy atom. The van der Waals surface area contributed by atoms with Crippen molar-refractivity contribution in [3.63, 3.8) is 0 Å². The van der Waals surface area contributed by atoms with Gasteiger partial charge in [0.25, 0.3) is 0 Å². The van der Waals surface area contributed by atoms with Gasteiger partial charge in [-0.05, 0) is 41.5 Å². The van der Waals surface area contributed by atoms with Gasteiger partial charge >= 0.3 is 5.97 Å². The molecule has 0 aliphatic heterocycles. The molecular weight excluding hydrogens is 378 g/mol. The molecular formula is C21H23NO7. The number of nitrogens with one attached hydrogen (secondary N) is 1. The molecule has 29 heavy (non-hydrogen) atoms. The summed E-state index contributed by atoms with van der Waals surface area (Å²) in [5.74, 6) is -0.611. The van der Waals surface area contributed by atoms with E-state index in [-0.39, 0.29) is 17.9 Å². The third-order valence-corrected chi connectivity index (χ3v) is 4.12. The number of benzene rings is 2. The summed E-state index contributed by atoms with van der Waals surface area (Å²) in [6.45, 7) is 0. The maximum absolute atomic E-state index is 12.3. The third-order valence-electron chi connectivity index (χ3n) is 4.12. The van der Waals surface area contributed by atoms with Crippen molar-refractivity contribution in [2.45, 2.75) is 12.5 Å². The highest BCUT2D eigenvalue weighted by Gasteiger charge is 2.22. The summed E-state index contributed by atoms with van der Waals surface area (Å²) in [5, 5.41) is 21.4. The van der Waals surface area contributed by atoms with Crippen LogP contribution < -0.4 is 14.8 Å². The number of amides is 1. The Bertz CT molecular complexity index is 908. The minimum absolute atomic E-state index is 0.187. The van der Waals surface area contributed by atoms with Crippen LogP contribution in [-0.4, -0.2) is 49.5 Å². The second kappa shape index (κ2) is 10.0. The lowest BCUT2D eigenvalue weighted by Crippen LogP contribution is -2.42. The zero-order valence-electron chi connectivity index (χ0n) is 16.3. The van der Waals surface area contributed by atoms with Crippen molar-refractivity contribution in [3.8, 4) is 23.0 Å². The van der Waals surface area contributed by atoms with Crippen LogP contribution >= 0.6 is 0 Å². The van der Waals surface area contributed by atoms with Crippen molar-refractivity contribution in [1.29, 1.82) is 0 Å². The molecule has 2 aromatic rings.